The molecule has 0 unspecified atom stereocenters. The molecule has 1 aromatic rings. The summed E-state index contributed by atoms with van der Waals surface area (Å²) in [4.78, 5) is 24.9. The average Bonchev–Trinajstić information content (AvgIpc) is 2.54. The Balaban J connectivity index is 1.33. The zero-order valence-electron chi connectivity index (χ0n) is 14.6. The van der Waals surface area contributed by atoms with Gasteiger partial charge in [-0.25, -0.2) is 0 Å². The van der Waals surface area contributed by atoms with E-state index >= 15 is 0 Å². The lowest BCUT2D eigenvalue weighted by molar-refractivity contribution is -0.124. The van der Waals surface area contributed by atoms with Gasteiger partial charge in [-0.3, -0.25) is 9.59 Å². The van der Waals surface area contributed by atoms with Gasteiger partial charge in [0.2, 0.25) is 5.91 Å². The van der Waals surface area contributed by atoms with Crippen LogP contribution in [0.25, 0.3) is 0 Å². The third-order valence-corrected chi connectivity index (χ3v) is 7.06. The standard InChI is InChI=1S/C21H26N2O2/c24-19(12-21-9-13-6-14(10-21)8-15(7-13)11-21)23-18-3-1-2-17-16(18)4-5-22-20(17)25/h1-3,13-15H,4-12H2,(H,22,25)(H,23,24). The number of hydrogen-bond donors (Lipinski definition) is 2. The van der Waals surface area contributed by atoms with E-state index in [2.05, 4.69) is 10.6 Å². The van der Waals surface area contributed by atoms with Crippen molar-refractivity contribution in [3.05, 3.63) is 29.3 Å². The highest BCUT2D eigenvalue weighted by Crippen LogP contribution is 2.61. The van der Waals surface area contributed by atoms with Crippen molar-refractivity contribution in [3.8, 4) is 0 Å². The van der Waals surface area contributed by atoms with Crippen molar-refractivity contribution in [3.63, 3.8) is 0 Å². The normalized spacial score (nSPS) is 35.2. The van der Waals surface area contributed by atoms with Gasteiger partial charge in [0.1, 0.15) is 0 Å². The van der Waals surface area contributed by atoms with Crippen molar-refractivity contribution in [2.24, 2.45) is 23.2 Å². The van der Waals surface area contributed by atoms with Gasteiger partial charge in [-0.2, -0.15) is 0 Å². The van der Waals surface area contributed by atoms with Crippen LogP contribution in [-0.4, -0.2) is 18.4 Å². The highest BCUT2D eigenvalue weighted by Gasteiger charge is 2.51. The van der Waals surface area contributed by atoms with Crippen LogP contribution in [0.1, 0.15) is 60.9 Å². The second-order valence-corrected chi connectivity index (χ2v) is 8.98. The lowest BCUT2D eigenvalue weighted by atomic mass is 9.49. The number of fused-ring (bicyclic) bond motifs is 1. The Morgan fingerprint density at radius 2 is 1.80 bits per heavy atom. The third kappa shape index (κ3) is 2.66. The maximum Gasteiger partial charge on any atom is 0.251 e. The van der Waals surface area contributed by atoms with E-state index < -0.39 is 0 Å². The fraction of sp³-hybridized carbons (Fsp3) is 0.619. The molecule has 4 fully saturated rings. The van der Waals surface area contributed by atoms with E-state index in [0.717, 1.165) is 35.4 Å². The Labute approximate surface area is 148 Å². The van der Waals surface area contributed by atoms with Crippen LogP contribution in [-0.2, 0) is 11.2 Å². The van der Waals surface area contributed by atoms with Gasteiger partial charge in [0, 0.05) is 24.2 Å². The molecule has 5 aliphatic rings. The van der Waals surface area contributed by atoms with E-state index in [9.17, 15) is 9.59 Å². The smallest absolute Gasteiger partial charge is 0.251 e. The highest BCUT2D eigenvalue weighted by molar-refractivity contribution is 6.00. The topological polar surface area (TPSA) is 58.2 Å². The van der Waals surface area contributed by atoms with Crippen LogP contribution in [0, 0.1) is 23.2 Å². The van der Waals surface area contributed by atoms with Crippen LogP contribution < -0.4 is 10.6 Å². The van der Waals surface area contributed by atoms with Crippen molar-refractivity contribution in [2.45, 2.75) is 51.4 Å². The number of amides is 2. The highest BCUT2D eigenvalue weighted by atomic mass is 16.2. The van der Waals surface area contributed by atoms with Gasteiger partial charge in [0.15, 0.2) is 0 Å². The van der Waals surface area contributed by atoms with E-state index in [1.165, 1.54) is 38.5 Å². The van der Waals surface area contributed by atoms with Crippen LogP contribution in [0.2, 0.25) is 0 Å². The predicted molar refractivity (Wildman–Crippen MR) is 96.3 cm³/mol. The predicted octanol–water partition coefficient (Wildman–Crippen LogP) is 3.52. The van der Waals surface area contributed by atoms with Gasteiger partial charge < -0.3 is 10.6 Å². The van der Waals surface area contributed by atoms with Crippen molar-refractivity contribution in [1.82, 2.24) is 5.32 Å². The minimum Gasteiger partial charge on any atom is -0.352 e. The Morgan fingerprint density at radius 1 is 1.12 bits per heavy atom. The minimum atomic E-state index is -0.0292. The molecule has 1 aliphatic heterocycles. The summed E-state index contributed by atoms with van der Waals surface area (Å²) in [5.74, 6) is 2.71. The molecule has 4 saturated carbocycles. The van der Waals surface area contributed by atoms with Crippen molar-refractivity contribution in [2.75, 3.05) is 11.9 Å². The maximum absolute atomic E-state index is 12.9. The van der Waals surface area contributed by atoms with Gasteiger partial charge >= 0.3 is 0 Å². The Bertz CT molecular complexity index is 704. The van der Waals surface area contributed by atoms with Crippen LogP contribution >= 0.6 is 0 Å². The van der Waals surface area contributed by atoms with Gasteiger partial charge in [0.05, 0.1) is 0 Å². The van der Waals surface area contributed by atoms with Crippen LogP contribution in [0.4, 0.5) is 5.69 Å². The first-order chi connectivity index (χ1) is 12.1. The average molecular weight is 338 g/mol. The van der Waals surface area contributed by atoms with Crippen LogP contribution in [0.3, 0.4) is 0 Å². The van der Waals surface area contributed by atoms with Gasteiger partial charge in [-0.15, -0.1) is 0 Å². The zero-order chi connectivity index (χ0) is 17.0. The quantitative estimate of drug-likeness (QED) is 0.886. The summed E-state index contributed by atoms with van der Waals surface area (Å²) in [6.07, 6.45) is 9.42. The molecule has 25 heavy (non-hydrogen) atoms. The van der Waals surface area contributed by atoms with E-state index in [1.807, 2.05) is 18.2 Å². The van der Waals surface area contributed by atoms with Crippen molar-refractivity contribution < 1.29 is 9.59 Å². The molecule has 0 aromatic heterocycles. The van der Waals surface area contributed by atoms with E-state index in [-0.39, 0.29) is 17.2 Å². The van der Waals surface area contributed by atoms with Gasteiger partial charge in [0.25, 0.3) is 5.91 Å². The summed E-state index contributed by atoms with van der Waals surface area (Å²) in [5, 5.41) is 6.02. The molecule has 0 saturated heterocycles. The molecule has 2 amide bonds. The molecule has 4 aliphatic carbocycles. The van der Waals surface area contributed by atoms with E-state index in [0.29, 0.717) is 18.5 Å². The summed E-state index contributed by atoms with van der Waals surface area (Å²) in [6, 6.07) is 5.65. The first kappa shape index (κ1) is 15.4. The van der Waals surface area contributed by atoms with E-state index in [4.69, 9.17) is 0 Å². The Hall–Kier alpha value is -1.84. The monoisotopic (exact) mass is 338 g/mol. The molecule has 1 heterocycles. The number of carbonyl (C=O) groups excluding carboxylic acids is 2. The summed E-state index contributed by atoms with van der Waals surface area (Å²) >= 11 is 0. The summed E-state index contributed by atoms with van der Waals surface area (Å²) < 4.78 is 0. The summed E-state index contributed by atoms with van der Waals surface area (Å²) in [6.45, 7) is 0.647. The third-order valence-electron chi connectivity index (χ3n) is 7.06. The lowest BCUT2D eigenvalue weighted by Gasteiger charge is -2.56. The van der Waals surface area contributed by atoms with E-state index in [1.54, 1.807) is 0 Å². The van der Waals surface area contributed by atoms with Crippen LogP contribution in [0.5, 0.6) is 0 Å². The Morgan fingerprint density at radius 3 is 2.48 bits per heavy atom. The zero-order valence-corrected chi connectivity index (χ0v) is 14.6. The fourth-order valence-corrected chi connectivity index (χ4v) is 6.62. The molecule has 1 aromatic carbocycles. The molecule has 4 heteroatoms. The summed E-state index contributed by atoms with van der Waals surface area (Å²) in [5.41, 5.74) is 2.79. The molecule has 2 N–H and O–H groups in total. The molecule has 0 spiro atoms. The molecular formula is C21H26N2O2. The van der Waals surface area contributed by atoms with Gasteiger partial charge in [-0.1, -0.05) is 6.07 Å². The molecule has 0 radical (unpaired) electrons. The number of benzene rings is 1. The number of hydrogen-bond acceptors (Lipinski definition) is 2. The lowest BCUT2D eigenvalue weighted by Crippen LogP contribution is -2.47. The molecule has 4 bridgehead atoms. The largest absolute Gasteiger partial charge is 0.352 e. The Kier molecular flexibility index (Phi) is 3.44. The molecular weight excluding hydrogens is 312 g/mol. The second kappa shape index (κ2) is 5.58. The first-order valence-corrected chi connectivity index (χ1v) is 9.80. The second-order valence-electron chi connectivity index (χ2n) is 8.98. The number of rotatable bonds is 3. The van der Waals surface area contributed by atoms with Crippen molar-refractivity contribution in [1.29, 1.82) is 0 Å². The fourth-order valence-electron chi connectivity index (χ4n) is 6.62. The molecule has 6 rings (SSSR count). The first-order valence-electron chi connectivity index (χ1n) is 9.80. The van der Waals surface area contributed by atoms with Gasteiger partial charge in [-0.05, 0) is 85.8 Å². The molecule has 0 atom stereocenters. The van der Waals surface area contributed by atoms with Crippen molar-refractivity contribution >= 4 is 17.5 Å². The number of carbonyl (C=O) groups is 2. The maximum atomic E-state index is 12.9. The summed E-state index contributed by atoms with van der Waals surface area (Å²) in [7, 11) is 0. The molecule has 132 valence electrons. The number of nitrogens with one attached hydrogen (secondary N) is 2. The van der Waals surface area contributed by atoms with Crippen LogP contribution in [0.15, 0.2) is 18.2 Å². The SMILES string of the molecule is O=C(CC12CC3CC(CC(C3)C1)C2)Nc1cccc2c1CCNC2=O. The number of anilines is 1. The minimum absolute atomic E-state index is 0.0292. The molecule has 4 nitrogen and oxygen atoms in total.